The fourth-order valence-corrected chi connectivity index (χ4v) is 8.42. The Morgan fingerprint density at radius 3 is 2.51 bits per heavy atom. The molecule has 2 saturated heterocycles. The second-order valence-corrected chi connectivity index (χ2v) is 15.6. The summed E-state index contributed by atoms with van der Waals surface area (Å²) in [6.07, 6.45) is 3.79. The number of piperidine rings is 1. The van der Waals surface area contributed by atoms with Crippen LogP contribution in [0.1, 0.15) is 67.4 Å². The minimum absolute atomic E-state index is 0.0370. The number of benzene rings is 2. The van der Waals surface area contributed by atoms with Gasteiger partial charge in [0, 0.05) is 56.6 Å². The predicted octanol–water partition coefficient (Wildman–Crippen LogP) is 6.27. The van der Waals surface area contributed by atoms with Crippen molar-refractivity contribution in [1.29, 1.82) is 0 Å². The van der Waals surface area contributed by atoms with Crippen molar-refractivity contribution in [3.63, 3.8) is 0 Å². The summed E-state index contributed by atoms with van der Waals surface area (Å²) in [6, 6.07) is 11.7. The average Bonchev–Trinajstić information content (AvgIpc) is 3.62. The van der Waals surface area contributed by atoms with Crippen molar-refractivity contribution in [2.45, 2.75) is 69.2 Å². The van der Waals surface area contributed by atoms with Crippen molar-refractivity contribution in [1.82, 2.24) is 15.2 Å². The molecule has 3 aromatic rings. The highest BCUT2D eigenvalue weighted by Gasteiger charge is 2.39. The summed E-state index contributed by atoms with van der Waals surface area (Å²) < 4.78 is 57.6. The molecule has 3 fully saturated rings. The Balaban J connectivity index is 0.867. The van der Waals surface area contributed by atoms with Gasteiger partial charge in [0.05, 0.1) is 47.1 Å². The van der Waals surface area contributed by atoms with Gasteiger partial charge >= 0.3 is 12.2 Å². The van der Waals surface area contributed by atoms with E-state index in [1.807, 2.05) is 11.0 Å². The topological polar surface area (TPSA) is 135 Å². The number of pyridine rings is 1. The quantitative estimate of drug-likeness (QED) is 0.205. The lowest BCUT2D eigenvalue weighted by atomic mass is 9.76. The van der Waals surface area contributed by atoms with Gasteiger partial charge in [-0.3, -0.25) is 24.8 Å². The van der Waals surface area contributed by atoms with Crippen molar-refractivity contribution in [2.75, 3.05) is 57.3 Å². The number of carbonyl (C=O) groups excluding carboxylic acids is 3. The molecule has 16 heteroatoms. The second kappa shape index (κ2) is 17.0. The van der Waals surface area contributed by atoms with Crippen LogP contribution in [0.5, 0.6) is 5.75 Å². The van der Waals surface area contributed by atoms with Crippen molar-refractivity contribution < 1.29 is 41.8 Å². The first-order valence-corrected chi connectivity index (χ1v) is 19.6. The molecular formula is C41H46ClF3N6O6. The first-order valence-electron chi connectivity index (χ1n) is 19.3. The minimum Gasteiger partial charge on any atom is -0.494 e. The molecule has 1 saturated carbocycles. The lowest BCUT2D eigenvalue weighted by Crippen LogP contribution is -2.49. The number of fused-ring (bicyclic) bond motifs is 1. The number of imide groups is 1. The predicted molar refractivity (Wildman–Crippen MR) is 207 cm³/mol. The van der Waals surface area contributed by atoms with Crippen LogP contribution in [-0.2, 0) is 20.4 Å². The van der Waals surface area contributed by atoms with Crippen molar-refractivity contribution in [3.05, 3.63) is 75.4 Å². The number of rotatable bonds is 12. The minimum atomic E-state index is -4.55. The van der Waals surface area contributed by atoms with Crippen LogP contribution >= 0.6 is 11.6 Å². The third kappa shape index (κ3) is 9.21. The lowest BCUT2D eigenvalue weighted by molar-refractivity contribution is -0.141. The number of anilines is 3. The summed E-state index contributed by atoms with van der Waals surface area (Å²) in [6.45, 7) is 2.53. The van der Waals surface area contributed by atoms with E-state index in [-0.39, 0.29) is 42.2 Å². The summed E-state index contributed by atoms with van der Waals surface area (Å²) in [5, 5.41) is 7.28. The number of amides is 4. The zero-order valence-electron chi connectivity index (χ0n) is 31.9. The molecule has 4 amide bonds. The van der Waals surface area contributed by atoms with E-state index in [9.17, 15) is 27.6 Å². The van der Waals surface area contributed by atoms with E-state index < -0.39 is 17.9 Å². The Labute approximate surface area is 333 Å². The number of methoxy groups -OCH3 is 2. The molecule has 3 aliphatic heterocycles. The van der Waals surface area contributed by atoms with Crippen molar-refractivity contribution in [3.8, 4) is 5.75 Å². The summed E-state index contributed by atoms with van der Waals surface area (Å²) >= 11 is 6.38. The van der Waals surface area contributed by atoms with Crippen LogP contribution in [0.15, 0.2) is 53.5 Å². The van der Waals surface area contributed by atoms with Crippen LogP contribution < -0.4 is 30.8 Å². The molecule has 0 radical (unpaired) electrons. The Morgan fingerprint density at radius 2 is 1.81 bits per heavy atom. The molecule has 0 bridgehead atoms. The number of aromatic nitrogens is 1. The number of ether oxygens (including phenoxy) is 3. The molecule has 304 valence electrons. The van der Waals surface area contributed by atoms with Gasteiger partial charge in [0.15, 0.2) is 0 Å². The SMILES string of the molecule is COc1cc2c(cc1Nc1cccc(C(F)(F)F)n1)=CC(C1CCC(COCCC3CCN(C(=O)c4ccc(Cl)c(N5CCC(=O)NC5=O)c4)CC3)(OC)CC1)N=2. The number of nitrogens with one attached hydrogen (secondary N) is 2. The average molecular weight is 811 g/mol. The molecule has 1 aromatic heterocycles. The number of likely N-dealkylation sites (tertiary alicyclic amines) is 1. The van der Waals surface area contributed by atoms with E-state index in [1.165, 1.54) is 24.1 Å². The van der Waals surface area contributed by atoms with Gasteiger partial charge in [-0.05, 0) is 93.2 Å². The lowest BCUT2D eigenvalue weighted by Gasteiger charge is -2.40. The zero-order valence-corrected chi connectivity index (χ0v) is 32.6. The van der Waals surface area contributed by atoms with Crippen LogP contribution in [0.4, 0.5) is 35.2 Å². The van der Waals surface area contributed by atoms with Gasteiger partial charge in [-0.1, -0.05) is 23.7 Å². The van der Waals surface area contributed by atoms with E-state index in [1.54, 1.807) is 31.4 Å². The molecule has 4 heterocycles. The fraction of sp³-hybridized carbons (Fsp3) is 0.488. The maximum Gasteiger partial charge on any atom is 0.433 e. The number of halogens is 4. The summed E-state index contributed by atoms with van der Waals surface area (Å²) in [5.41, 5.74) is 0.00413. The number of alkyl halides is 3. The Hall–Kier alpha value is -4.73. The maximum absolute atomic E-state index is 13.4. The molecule has 1 unspecified atom stereocenters. The van der Waals surface area contributed by atoms with Gasteiger partial charge in [-0.25, -0.2) is 9.78 Å². The summed E-state index contributed by atoms with van der Waals surface area (Å²) in [5.74, 6) is 0.797. The number of hydrogen-bond acceptors (Lipinski definition) is 9. The monoisotopic (exact) mass is 810 g/mol. The van der Waals surface area contributed by atoms with Crippen molar-refractivity contribution >= 4 is 52.7 Å². The van der Waals surface area contributed by atoms with Gasteiger partial charge < -0.3 is 24.4 Å². The van der Waals surface area contributed by atoms with Crippen molar-refractivity contribution in [2.24, 2.45) is 16.8 Å². The van der Waals surface area contributed by atoms with E-state index in [0.29, 0.717) is 65.8 Å². The molecule has 1 aliphatic carbocycles. The summed E-state index contributed by atoms with van der Waals surface area (Å²) in [4.78, 5) is 49.3. The molecule has 2 N–H and O–H groups in total. The largest absolute Gasteiger partial charge is 0.494 e. The van der Waals surface area contributed by atoms with Gasteiger partial charge in [0.2, 0.25) is 5.91 Å². The third-order valence-corrected chi connectivity index (χ3v) is 11.9. The van der Waals surface area contributed by atoms with Crippen LogP contribution in [-0.4, -0.2) is 86.4 Å². The van der Waals surface area contributed by atoms with Crippen LogP contribution in [0, 0.1) is 11.8 Å². The fourth-order valence-electron chi connectivity index (χ4n) is 8.20. The number of nitrogens with zero attached hydrogens (tertiary/aromatic N) is 4. The van der Waals surface area contributed by atoms with Gasteiger partial charge in [0.1, 0.15) is 17.3 Å². The number of carbonyl (C=O) groups is 3. The van der Waals surface area contributed by atoms with E-state index in [4.69, 9.17) is 30.8 Å². The van der Waals surface area contributed by atoms with Gasteiger partial charge in [-0.2, -0.15) is 13.2 Å². The molecule has 12 nitrogen and oxygen atoms in total. The van der Waals surface area contributed by atoms with Crippen LogP contribution in [0.3, 0.4) is 0 Å². The first kappa shape index (κ1) is 40.5. The molecule has 7 rings (SSSR count). The highest BCUT2D eigenvalue weighted by molar-refractivity contribution is 6.34. The normalized spacial score (nSPS) is 22.7. The zero-order chi connectivity index (χ0) is 40.3. The molecular weight excluding hydrogens is 765 g/mol. The standard InChI is InChI=1S/C41H46ClF3N6O6/c1-55-34-23-31-28(21-32(34)47-36-5-3-4-35(48-36)41(43,44)45)20-30(46-31)26-8-14-40(56-2,15-9-26)24-57-19-13-25-10-16-50(17-11-25)38(53)27-6-7-29(42)33(22-27)51-18-12-37(52)49-39(51)54/h3-7,20-23,25-26,30H,8-19,24H2,1-2H3,(H,47,48)(H,49,52,54). The highest BCUT2D eigenvalue weighted by atomic mass is 35.5. The molecule has 2 aromatic carbocycles. The Kier molecular flexibility index (Phi) is 12.1. The number of hydrogen-bond donors (Lipinski definition) is 2. The third-order valence-electron chi connectivity index (χ3n) is 11.6. The Morgan fingerprint density at radius 1 is 1.04 bits per heavy atom. The maximum atomic E-state index is 13.4. The van der Waals surface area contributed by atoms with Gasteiger partial charge in [0.25, 0.3) is 5.91 Å². The summed E-state index contributed by atoms with van der Waals surface area (Å²) in [7, 11) is 3.25. The van der Waals surface area contributed by atoms with E-state index >= 15 is 0 Å². The smallest absolute Gasteiger partial charge is 0.433 e. The Bertz CT molecular complexity index is 2120. The van der Waals surface area contributed by atoms with E-state index in [0.717, 1.165) is 61.6 Å². The molecule has 0 spiro atoms. The number of urea groups is 1. The van der Waals surface area contributed by atoms with Gasteiger partial charge in [-0.15, -0.1) is 0 Å². The molecule has 57 heavy (non-hydrogen) atoms. The second-order valence-electron chi connectivity index (χ2n) is 15.2. The van der Waals surface area contributed by atoms with Crippen LogP contribution in [0.25, 0.3) is 6.08 Å². The highest BCUT2D eigenvalue weighted by Crippen LogP contribution is 2.38. The first-order chi connectivity index (χ1) is 27.3. The van der Waals surface area contributed by atoms with Crippen LogP contribution in [0.2, 0.25) is 5.02 Å². The molecule has 1 atom stereocenters. The van der Waals surface area contributed by atoms with E-state index in [2.05, 4.69) is 21.7 Å². The molecule has 4 aliphatic rings.